The Labute approximate surface area is 82.8 Å². The third kappa shape index (κ3) is 1.18. The molecule has 0 fully saturated rings. The summed E-state index contributed by atoms with van der Waals surface area (Å²) in [5.74, 6) is 0. The van der Waals surface area contributed by atoms with E-state index in [0.29, 0.717) is 0 Å². The van der Waals surface area contributed by atoms with Crippen LogP contribution in [-0.4, -0.2) is 5.11 Å². The van der Waals surface area contributed by atoms with Gasteiger partial charge in [-0.05, 0) is 11.5 Å². The van der Waals surface area contributed by atoms with Gasteiger partial charge in [0.1, 0.15) is 0 Å². The summed E-state index contributed by atoms with van der Waals surface area (Å²) >= 11 is 5.06. The summed E-state index contributed by atoms with van der Waals surface area (Å²) in [6.45, 7) is 0.130. The van der Waals surface area contributed by atoms with E-state index >= 15 is 0 Å². The molecule has 1 aromatic carbocycles. The average Bonchev–Trinajstić information content (AvgIpc) is 2.49. The van der Waals surface area contributed by atoms with Gasteiger partial charge >= 0.3 is 0 Å². The number of aliphatic hydroxyl groups excluding tert-OH is 1. The standard InChI is InChI=1S/C9H7BrOS/c10-8-3-1-2-6-7(8)5-12-9(6)4-11/h1-3,5,11H,4H2. The van der Waals surface area contributed by atoms with Crippen LogP contribution in [0.2, 0.25) is 0 Å². The van der Waals surface area contributed by atoms with Crippen molar-refractivity contribution in [2.75, 3.05) is 0 Å². The van der Waals surface area contributed by atoms with Gasteiger partial charge in [-0.15, -0.1) is 11.3 Å². The fourth-order valence-corrected chi connectivity index (χ4v) is 2.74. The lowest BCUT2D eigenvalue weighted by Crippen LogP contribution is -1.76. The summed E-state index contributed by atoms with van der Waals surface area (Å²) in [5, 5.41) is 13.4. The Kier molecular flexibility index (Phi) is 2.17. The molecule has 0 saturated carbocycles. The molecule has 0 aliphatic heterocycles. The van der Waals surface area contributed by atoms with Crippen molar-refractivity contribution in [2.45, 2.75) is 6.61 Å². The van der Waals surface area contributed by atoms with E-state index in [0.717, 1.165) is 14.7 Å². The first-order chi connectivity index (χ1) is 5.83. The van der Waals surface area contributed by atoms with E-state index < -0.39 is 0 Å². The first-order valence-electron chi connectivity index (χ1n) is 3.58. The zero-order valence-electron chi connectivity index (χ0n) is 6.25. The van der Waals surface area contributed by atoms with Gasteiger partial charge in [-0.1, -0.05) is 28.1 Å². The van der Waals surface area contributed by atoms with E-state index in [-0.39, 0.29) is 6.61 Å². The fraction of sp³-hybridized carbons (Fsp3) is 0.111. The molecule has 1 nitrogen and oxygen atoms in total. The molecule has 1 heterocycles. The molecule has 3 heteroatoms. The van der Waals surface area contributed by atoms with Crippen LogP contribution < -0.4 is 0 Å². The highest BCUT2D eigenvalue weighted by Crippen LogP contribution is 2.31. The minimum Gasteiger partial charge on any atom is -0.391 e. The molecule has 0 aliphatic rings. The van der Waals surface area contributed by atoms with Crippen LogP contribution >= 0.6 is 27.3 Å². The molecule has 2 rings (SSSR count). The maximum atomic E-state index is 9.01. The Morgan fingerprint density at radius 3 is 2.92 bits per heavy atom. The van der Waals surface area contributed by atoms with Gasteiger partial charge in [-0.25, -0.2) is 0 Å². The molecule has 0 unspecified atom stereocenters. The van der Waals surface area contributed by atoms with Gasteiger partial charge in [0.15, 0.2) is 0 Å². The number of hydrogen-bond acceptors (Lipinski definition) is 2. The molecule has 0 atom stereocenters. The Bertz CT molecular complexity index is 408. The first-order valence-corrected chi connectivity index (χ1v) is 5.25. The van der Waals surface area contributed by atoms with Gasteiger partial charge in [0.2, 0.25) is 0 Å². The lowest BCUT2D eigenvalue weighted by atomic mass is 10.2. The predicted molar refractivity (Wildman–Crippen MR) is 55.4 cm³/mol. The molecule has 2 aromatic rings. The molecular formula is C9H7BrOS. The van der Waals surface area contributed by atoms with Crippen molar-refractivity contribution in [1.82, 2.24) is 0 Å². The first kappa shape index (κ1) is 8.23. The lowest BCUT2D eigenvalue weighted by Gasteiger charge is -1.94. The minimum absolute atomic E-state index is 0.130. The monoisotopic (exact) mass is 242 g/mol. The van der Waals surface area contributed by atoms with Gasteiger partial charge in [0.25, 0.3) is 0 Å². The van der Waals surface area contributed by atoms with Gasteiger partial charge < -0.3 is 5.11 Å². The second-order valence-corrected chi connectivity index (χ2v) is 4.34. The van der Waals surface area contributed by atoms with Gasteiger partial charge in [0, 0.05) is 20.1 Å². The fourth-order valence-electron chi connectivity index (χ4n) is 1.22. The molecule has 1 aromatic heterocycles. The second-order valence-electron chi connectivity index (χ2n) is 2.52. The summed E-state index contributed by atoms with van der Waals surface area (Å²) in [7, 11) is 0. The van der Waals surface area contributed by atoms with E-state index in [1.165, 1.54) is 5.39 Å². The van der Waals surface area contributed by atoms with Gasteiger partial charge in [0.05, 0.1) is 6.61 Å². The molecule has 0 saturated heterocycles. The molecular weight excluding hydrogens is 236 g/mol. The molecule has 62 valence electrons. The van der Waals surface area contributed by atoms with E-state index in [1.807, 2.05) is 18.2 Å². The number of hydrogen-bond donors (Lipinski definition) is 1. The molecule has 0 bridgehead atoms. The Morgan fingerprint density at radius 1 is 1.33 bits per heavy atom. The number of aliphatic hydroxyl groups is 1. The topological polar surface area (TPSA) is 20.2 Å². The largest absolute Gasteiger partial charge is 0.391 e. The summed E-state index contributed by atoms with van der Waals surface area (Å²) in [4.78, 5) is 1.03. The summed E-state index contributed by atoms with van der Waals surface area (Å²) in [5.41, 5.74) is 0. The Hall–Kier alpha value is -0.380. The van der Waals surface area contributed by atoms with Crippen molar-refractivity contribution >= 4 is 38.0 Å². The van der Waals surface area contributed by atoms with Crippen molar-refractivity contribution in [3.8, 4) is 0 Å². The minimum atomic E-state index is 0.130. The second kappa shape index (κ2) is 3.17. The normalized spacial score (nSPS) is 10.8. The van der Waals surface area contributed by atoms with E-state index in [4.69, 9.17) is 5.11 Å². The number of benzene rings is 1. The third-order valence-corrected chi connectivity index (χ3v) is 3.49. The number of fused-ring (bicyclic) bond motifs is 1. The summed E-state index contributed by atoms with van der Waals surface area (Å²) < 4.78 is 1.09. The van der Waals surface area contributed by atoms with Crippen molar-refractivity contribution < 1.29 is 5.11 Å². The van der Waals surface area contributed by atoms with E-state index in [2.05, 4.69) is 21.3 Å². The smallest absolute Gasteiger partial charge is 0.0780 e. The zero-order valence-corrected chi connectivity index (χ0v) is 8.65. The van der Waals surface area contributed by atoms with Crippen molar-refractivity contribution in [3.63, 3.8) is 0 Å². The number of halogens is 1. The SMILES string of the molecule is OCc1scc2c(Br)cccc12. The average molecular weight is 243 g/mol. The van der Waals surface area contributed by atoms with Crippen LogP contribution in [0.1, 0.15) is 4.88 Å². The summed E-state index contributed by atoms with van der Waals surface area (Å²) in [6, 6.07) is 6.02. The summed E-state index contributed by atoms with van der Waals surface area (Å²) in [6.07, 6.45) is 0. The molecule has 0 aliphatic carbocycles. The molecule has 0 radical (unpaired) electrons. The van der Waals surface area contributed by atoms with E-state index in [9.17, 15) is 0 Å². The maximum Gasteiger partial charge on any atom is 0.0780 e. The Morgan fingerprint density at radius 2 is 2.17 bits per heavy atom. The van der Waals surface area contributed by atoms with Crippen molar-refractivity contribution in [3.05, 3.63) is 32.9 Å². The van der Waals surface area contributed by atoms with Crippen molar-refractivity contribution in [1.29, 1.82) is 0 Å². The van der Waals surface area contributed by atoms with Gasteiger partial charge in [-0.2, -0.15) is 0 Å². The maximum absolute atomic E-state index is 9.01. The number of rotatable bonds is 1. The van der Waals surface area contributed by atoms with E-state index in [1.54, 1.807) is 11.3 Å². The Balaban J connectivity index is 2.80. The van der Waals surface area contributed by atoms with Crippen LogP contribution in [0.5, 0.6) is 0 Å². The van der Waals surface area contributed by atoms with Crippen LogP contribution in [0.15, 0.2) is 28.1 Å². The quantitative estimate of drug-likeness (QED) is 0.815. The highest BCUT2D eigenvalue weighted by molar-refractivity contribution is 9.10. The van der Waals surface area contributed by atoms with Crippen LogP contribution in [0.4, 0.5) is 0 Å². The van der Waals surface area contributed by atoms with Gasteiger partial charge in [-0.3, -0.25) is 0 Å². The molecule has 0 amide bonds. The third-order valence-electron chi connectivity index (χ3n) is 1.82. The zero-order chi connectivity index (χ0) is 8.55. The predicted octanol–water partition coefficient (Wildman–Crippen LogP) is 3.16. The highest BCUT2D eigenvalue weighted by atomic mass is 79.9. The van der Waals surface area contributed by atoms with Crippen LogP contribution in [0, 0.1) is 0 Å². The van der Waals surface area contributed by atoms with Crippen LogP contribution in [0.25, 0.3) is 10.8 Å². The highest BCUT2D eigenvalue weighted by Gasteiger charge is 2.04. The molecule has 0 spiro atoms. The molecule has 1 N–H and O–H groups in total. The van der Waals surface area contributed by atoms with Crippen LogP contribution in [-0.2, 0) is 6.61 Å². The van der Waals surface area contributed by atoms with Crippen molar-refractivity contribution in [2.24, 2.45) is 0 Å². The molecule has 12 heavy (non-hydrogen) atoms. The van der Waals surface area contributed by atoms with Crippen LogP contribution in [0.3, 0.4) is 0 Å². The lowest BCUT2D eigenvalue weighted by molar-refractivity contribution is 0.287. The number of thiophene rings is 1.